The summed E-state index contributed by atoms with van der Waals surface area (Å²) in [4.78, 5) is 31.7. The lowest BCUT2D eigenvalue weighted by molar-refractivity contribution is 0.0137. The maximum Gasteiger partial charge on any atom is 0.410 e. The zero-order chi connectivity index (χ0) is 18.9. The summed E-state index contributed by atoms with van der Waals surface area (Å²) < 4.78 is 10.8. The highest BCUT2D eigenvalue weighted by Gasteiger charge is 2.36. The first-order valence-corrected chi connectivity index (χ1v) is 8.64. The van der Waals surface area contributed by atoms with Crippen LogP contribution in [-0.4, -0.2) is 65.6 Å². The molecule has 0 spiro atoms. The molecule has 0 aromatic carbocycles. The Bertz CT molecular complexity index is 727. The number of halogens is 1. The minimum Gasteiger partial charge on any atom is -0.454 e. The number of aliphatic imine (C=N–C) groups is 1. The molecular formula is C17H26IN5O4. The van der Waals surface area contributed by atoms with Gasteiger partial charge in [0.2, 0.25) is 0 Å². The minimum absolute atomic E-state index is 0. The maximum absolute atomic E-state index is 12.2. The number of hydrogen-bond donors (Lipinski definition) is 2. The number of nitrogens with one attached hydrogen (secondary N) is 1. The van der Waals surface area contributed by atoms with Gasteiger partial charge in [-0.25, -0.2) is 4.79 Å². The van der Waals surface area contributed by atoms with Gasteiger partial charge in [0.1, 0.15) is 11.4 Å². The van der Waals surface area contributed by atoms with Crippen molar-refractivity contribution in [1.82, 2.24) is 15.1 Å². The van der Waals surface area contributed by atoms with E-state index in [0.29, 0.717) is 38.5 Å². The lowest BCUT2D eigenvalue weighted by atomic mass is 10.2. The third-order valence-electron chi connectivity index (χ3n) is 4.18. The van der Waals surface area contributed by atoms with Gasteiger partial charge in [-0.2, -0.15) is 0 Å². The van der Waals surface area contributed by atoms with Crippen molar-refractivity contribution in [2.24, 2.45) is 10.7 Å². The van der Waals surface area contributed by atoms with Crippen LogP contribution in [0.25, 0.3) is 0 Å². The van der Waals surface area contributed by atoms with Crippen molar-refractivity contribution in [2.45, 2.75) is 39.0 Å². The second-order valence-corrected chi connectivity index (χ2v) is 7.42. The number of nitrogens with two attached hydrogens (primary N) is 1. The molecule has 150 valence electrons. The van der Waals surface area contributed by atoms with E-state index in [0.717, 1.165) is 5.96 Å². The Labute approximate surface area is 175 Å². The van der Waals surface area contributed by atoms with Gasteiger partial charge in [-0.3, -0.25) is 9.79 Å². The van der Waals surface area contributed by atoms with Gasteiger partial charge in [0.25, 0.3) is 5.91 Å². The standard InChI is InChI=1S/C17H25N5O4.HI/c1-17(2,3)26-16(24)21-6-7-22-11(10-21)8-19-15(22)20-9-12-4-5-13(25-12)14(18)23;/h4-5,11H,6-10H2,1-3H3,(H2,18,23)(H,19,20);1H. The molecule has 1 fully saturated rings. The topological polar surface area (TPSA) is 113 Å². The molecule has 2 aliphatic rings. The highest BCUT2D eigenvalue weighted by atomic mass is 127. The smallest absolute Gasteiger partial charge is 0.410 e. The first-order chi connectivity index (χ1) is 12.2. The van der Waals surface area contributed by atoms with E-state index in [4.69, 9.17) is 14.9 Å². The summed E-state index contributed by atoms with van der Waals surface area (Å²) in [7, 11) is 0. The van der Waals surface area contributed by atoms with Crippen LogP contribution in [0.15, 0.2) is 21.5 Å². The van der Waals surface area contributed by atoms with E-state index < -0.39 is 11.5 Å². The molecule has 0 bridgehead atoms. The number of amides is 2. The predicted octanol–water partition coefficient (Wildman–Crippen LogP) is 1.38. The molecule has 1 atom stereocenters. The average Bonchev–Trinajstić information content (AvgIpc) is 3.17. The van der Waals surface area contributed by atoms with Gasteiger partial charge in [0, 0.05) is 19.6 Å². The van der Waals surface area contributed by atoms with Gasteiger partial charge in [-0.05, 0) is 32.9 Å². The van der Waals surface area contributed by atoms with E-state index in [9.17, 15) is 9.59 Å². The summed E-state index contributed by atoms with van der Waals surface area (Å²) in [6, 6.07) is 3.40. The fourth-order valence-electron chi connectivity index (χ4n) is 2.99. The van der Waals surface area contributed by atoms with Gasteiger partial charge in [-0.1, -0.05) is 0 Å². The van der Waals surface area contributed by atoms with Crippen LogP contribution >= 0.6 is 24.0 Å². The largest absolute Gasteiger partial charge is 0.454 e. The first-order valence-electron chi connectivity index (χ1n) is 8.64. The van der Waals surface area contributed by atoms with E-state index in [-0.39, 0.29) is 41.9 Å². The van der Waals surface area contributed by atoms with Gasteiger partial charge in [-0.15, -0.1) is 24.0 Å². The van der Waals surface area contributed by atoms with E-state index in [1.54, 1.807) is 17.0 Å². The molecular weight excluding hydrogens is 465 g/mol. The lowest BCUT2D eigenvalue weighted by Crippen LogP contribution is -2.57. The molecule has 0 aliphatic carbocycles. The number of furan rings is 1. The molecule has 3 heterocycles. The van der Waals surface area contributed by atoms with Gasteiger partial charge in [0.15, 0.2) is 11.7 Å². The van der Waals surface area contributed by atoms with Gasteiger partial charge < -0.3 is 30.0 Å². The molecule has 1 unspecified atom stereocenters. The molecule has 2 aliphatic heterocycles. The molecule has 3 N–H and O–H groups in total. The minimum atomic E-state index is -0.590. The van der Waals surface area contributed by atoms with E-state index in [1.807, 2.05) is 20.8 Å². The van der Waals surface area contributed by atoms with Crippen molar-refractivity contribution in [3.8, 4) is 0 Å². The number of rotatable bonds is 3. The summed E-state index contributed by atoms with van der Waals surface area (Å²) >= 11 is 0. The fraction of sp³-hybridized carbons (Fsp3) is 0.588. The van der Waals surface area contributed by atoms with Gasteiger partial charge >= 0.3 is 6.09 Å². The van der Waals surface area contributed by atoms with Crippen molar-refractivity contribution in [3.05, 3.63) is 23.7 Å². The summed E-state index contributed by atoms with van der Waals surface area (Å²) in [5, 5.41) is 3.23. The molecule has 10 heteroatoms. The zero-order valence-electron chi connectivity index (χ0n) is 15.7. The molecule has 1 aromatic rings. The number of carbonyl (C=O) groups excluding carboxylic acids is 2. The number of fused-ring (bicyclic) bond motifs is 1. The normalized spacial score (nSPS) is 19.1. The number of piperazine rings is 1. The van der Waals surface area contributed by atoms with Crippen LogP contribution in [0.1, 0.15) is 37.1 Å². The number of ether oxygens (including phenoxy) is 1. The van der Waals surface area contributed by atoms with E-state index >= 15 is 0 Å². The summed E-state index contributed by atoms with van der Waals surface area (Å²) in [5.74, 6) is 0.931. The molecule has 27 heavy (non-hydrogen) atoms. The molecule has 1 aromatic heterocycles. The fourth-order valence-corrected chi connectivity index (χ4v) is 2.99. The van der Waals surface area contributed by atoms with Crippen LogP contribution in [0.5, 0.6) is 0 Å². The zero-order valence-corrected chi connectivity index (χ0v) is 18.1. The van der Waals surface area contributed by atoms with Crippen molar-refractivity contribution in [2.75, 3.05) is 26.2 Å². The van der Waals surface area contributed by atoms with Crippen LogP contribution in [0, 0.1) is 0 Å². The SMILES string of the molecule is CC(C)(C)OC(=O)N1CCN2C(NCc3ccc(C(N)=O)o3)=NCC2C1.I. The Hall–Kier alpha value is -1.98. The Kier molecular flexibility index (Phi) is 6.60. The number of guanidine groups is 1. The monoisotopic (exact) mass is 491 g/mol. The third-order valence-corrected chi connectivity index (χ3v) is 4.18. The molecule has 9 nitrogen and oxygen atoms in total. The number of nitrogens with zero attached hydrogens (tertiary/aromatic N) is 3. The molecule has 2 amide bonds. The Balaban J connectivity index is 0.00000261. The Morgan fingerprint density at radius 3 is 2.74 bits per heavy atom. The number of hydrogen-bond acceptors (Lipinski definition) is 7. The summed E-state index contributed by atoms with van der Waals surface area (Å²) in [6.07, 6.45) is -0.284. The van der Waals surface area contributed by atoms with Crippen LogP contribution in [0.2, 0.25) is 0 Å². The molecule has 1 saturated heterocycles. The quantitative estimate of drug-likeness (QED) is 0.618. The second-order valence-electron chi connectivity index (χ2n) is 7.42. The van der Waals surface area contributed by atoms with E-state index in [1.165, 1.54) is 0 Å². The summed E-state index contributed by atoms with van der Waals surface area (Å²) in [5.41, 5.74) is 4.68. The Morgan fingerprint density at radius 1 is 1.37 bits per heavy atom. The first kappa shape index (κ1) is 21.3. The third kappa shape index (κ3) is 5.27. The van der Waals surface area contributed by atoms with Crippen LogP contribution in [0.4, 0.5) is 4.79 Å². The summed E-state index contributed by atoms with van der Waals surface area (Å²) in [6.45, 7) is 8.45. The lowest BCUT2D eigenvalue weighted by Gasteiger charge is -2.39. The highest BCUT2D eigenvalue weighted by molar-refractivity contribution is 14.0. The number of primary amides is 1. The highest BCUT2D eigenvalue weighted by Crippen LogP contribution is 2.19. The molecule has 0 radical (unpaired) electrons. The van der Waals surface area contributed by atoms with Crippen LogP contribution < -0.4 is 11.1 Å². The average molecular weight is 491 g/mol. The number of carbonyl (C=O) groups is 2. The Morgan fingerprint density at radius 2 is 2.11 bits per heavy atom. The van der Waals surface area contributed by atoms with E-state index in [2.05, 4.69) is 15.2 Å². The van der Waals surface area contributed by atoms with Crippen LogP contribution in [-0.2, 0) is 11.3 Å². The van der Waals surface area contributed by atoms with Crippen molar-refractivity contribution in [3.63, 3.8) is 0 Å². The molecule has 3 rings (SSSR count). The van der Waals surface area contributed by atoms with Crippen molar-refractivity contribution in [1.29, 1.82) is 0 Å². The van der Waals surface area contributed by atoms with Crippen molar-refractivity contribution < 1.29 is 18.7 Å². The van der Waals surface area contributed by atoms with Crippen molar-refractivity contribution >= 4 is 41.9 Å². The molecule has 0 saturated carbocycles. The maximum atomic E-state index is 12.2. The second kappa shape index (κ2) is 8.36. The van der Waals surface area contributed by atoms with Gasteiger partial charge in [0.05, 0.1) is 19.1 Å². The predicted molar refractivity (Wildman–Crippen MR) is 110 cm³/mol. The van der Waals surface area contributed by atoms with Crippen LogP contribution in [0.3, 0.4) is 0 Å².